The van der Waals surface area contributed by atoms with E-state index in [-0.39, 0.29) is 6.10 Å². The largest absolute Gasteiger partial charge is 0.405 e. The van der Waals surface area contributed by atoms with Gasteiger partial charge < -0.3 is 15.0 Å². The highest BCUT2D eigenvalue weighted by atomic mass is 19.4. The summed E-state index contributed by atoms with van der Waals surface area (Å²) in [6, 6.07) is -0.592. The molecule has 1 heterocycles. The van der Waals surface area contributed by atoms with Gasteiger partial charge in [-0.1, -0.05) is 0 Å². The Morgan fingerprint density at radius 1 is 1.50 bits per heavy atom. The molecule has 0 aromatic carbocycles. The fourth-order valence-electron chi connectivity index (χ4n) is 2.11. The molecule has 1 rings (SSSR count). The molecule has 0 bridgehead atoms. The van der Waals surface area contributed by atoms with Crippen molar-refractivity contribution in [3.8, 4) is 0 Å². The number of hydrogen-bond donors (Lipinski definition) is 1. The van der Waals surface area contributed by atoms with Gasteiger partial charge in [-0.25, -0.2) is 0 Å². The molecule has 2 atom stereocenters. The maximum absolute atomic E-state index is 12.1. The van der Waals surface area contributed by atoms with Crippen molar-refractivity contribution >= 4 is 5.91 Å². The zero-order valence-electron chi connectivity index (χ0n) is 12.0. The Hall–Kier alpha value is -0.860. The molecule has 8 heteroatoms. The van der Waals surface area contributed by atoms with Crippen LogP contribution >= 0.6 is 0 Å². The van der Waals surface area contributed by atoms with E-state index in [0.717, 1.165) is 0 Å². The van der Waals surface area contributed by atoms with E-state index in [1.54, 1.807) is 6.92 Å². The molecule has 1 fully saturated rings. The maximum atomic E-state index is 12.1. The fourth-order valence-corrected chi connectivity index (χ4v) is 2.11. The highest BCUT2D eigenvalue weighted by Gasteiger charge is 2.31. The SMILES string of the molecule is CC(C(=O)NCC(F)(F)F)N1CCOC(CN(C)C)C1. The van der Waals surface area contributed by atoms with E-state index in [4.69, 9.17) is 4.74 Å². The lowest BCUT2D eigenvalue weighted by molar-refractivity contribution is -0.143. The lowest BCUT2D eigenvalue weighted by atomic mass is 10.2. The van der Waals surface area contributed by atoms with Gasteiger partial charge in [0.2, 0.25) is 5.91 Å². The predicted octanol–water partition coefficient (Wildman–Crippen LogP) is 0.316. The number of rotatable bonds is 5. The molecular weight excluding hydrogens is 275 g/mol. The predicted molar refractivity (Wildman–Crippen MR) is 68.4 cm³/mol. The van der Waals surface area contributed by atoms with E-state index in [2.05, 4.69) is 0 Å². The molecule has 0 spiro atoms. The number of ether oxygens (including phenoxy) is 1. The first-order chi connectivity index (χ1) is 9.19. The number of hydrogen-bond acceptors (Lipinski definition) is 4. The second-order valence-corrected chi connectivity index (χ2v) is 5.26. The molecule has 0 aromatic heterocycles. The fraction of sp³-hybridized carbons (Fsp3) is 0.917. The first kappa shape index (κ1) is 17.2. The number of amides is 1. The monoisotopic (exact) mass is 297 g/mol. The van der Waals surface area contributed by atoms with Crippen molar-refractivity contribution in [2.24, 2.45) is 0 Å². The summed E-state index contributed by atoms with van der Waals surface area (Å²) in [6.07, 6.45) is -4.41. The number of halogens is 3. The molecule has 2 unspecified atom stereocenters. The van der Waals surface area contributed by atoms with E-state index < -0.39 is 24.7 Å². The van der Waals surface area contributed by atoms with Gasteiger partial charge in [0.15, 0.2) is 0 Å². The minimum Gasteiger partial charge on any atom is -0.374 e. The third kappa shape index (κ3) is 6.06. The van der Waals surface area contributed by atoms with Gasteiger partial charge in [-0.3, -0.25) is 9.69 Å². The lowest BCUT2D eigenvalue weighted by Gasteiger charge is -2.37. The molecule has 5 nitrogen and oxygen atoms in total. The summed E-state index contributed by atoms with van der Waals surface area (Å²) in [6.45, 7) is 2.61. The first-order valence-electron chi connectivity index (χ1n) is 6.54. The van der Waals surface area contributed by atoms with E-state index in [9.17, 15) is 18.0 Å². The smallest absolute Gasteiger partial charge is 0.374 e. The van der Waals surface area contributed by atoms with Crippen molar-refractivity contribution in [2.75, 3.05) is 46.9 Å². The van der Waals surface area contributed by atoms with Gasteiger partial charge in [0.05, 0.1) is 18.8 Å². The van der Waals surface area contributed by atoms with Crippen molar-refractivity contribution in [3.63, 3.8) is 0 Å². The molecule has 1 aliphatic heterocycles. The molecule has 0 radical (unpaired) electrons. The summed E-state index contributed by atoms with van der Waals surface area (Å²) in [5.74, 6) is -0.604. The molecule has 1 aliphatic rings. The van der Waals surface area contributed by atoms with Crippen LogP contribution in [0.2, 0.25) is 0 Å². The second-order valence-electron chi connectivity index (χ2n) is 5.26. The summed E-state index contributed by atoms with van der Waals surface area (Å²) < 4.78 is 41.8. The first-order valence-corrected chi connectivity index (χ1v) is 6.54. The lowest BCUT2D eigenvalue weighted by Crippen LogP contribution is -2.54. The highest BCUT2D eigenvalue weighted by Crippen LogP contribution is 2.13. The normalized spacial score (nSPS) is 22.9. The van der Waals surface area contributed by atoms with E-state index in [1.807, 2.05) is 29.2 Å². The average molecular weight is 297 g/mol. The van der Waals surface area contributed by atoms with Gasteiger partial charge in [0, 0.05) is 19.6 Å². The zero-order valence-corrected chi connectivity index (χ0v) is 12.0. The summed E-state index contributed by atoms with van der Waals surface area (Å²) in [5.41, 5.74) is 0. The third-order valence-electron chi connectivity index (χ3n) is 3.13. The van der Waals surface area contributed by atoms with Crippen molar-refractivity contribution in [3.05, 3.63) is 0 Å². The van der Waals surface area contributed by atoms with E-state index >= 15 is 0 Å². The van der Waals surface area contributed by atoms with E-state index in [0.29, 0.717) is 26.2 Å². The van der Waals surface area contributed by atoms with Gasteiger partial charge in [-0.05, 0) is 21.0 Å². The molecule has 0 saturated carbocycles. The second kappa shape index (κ2) is 7.24. The Bertz CT molecular complexity index is 324. The molecule has 1 N–H and O–H groups in total. The number of likely N-dealkylation sites (N-methyl/N-ethyl adjacent to an activating group) is 1. The van der Waals surface area contributed by atoms with Crippen molar-refractivity contribution in [1.29, 1.82) is 0 Å². The van der Waals surface area contributed by atoms with Crippen molar-refractivity contribution in [1.82, 2.24) is 15.1 Å². The Morgan fingerprint density at radius 2 is 2.15 bits per heavy atom. The molecule has 1 amide bonds. The van der Waals surface area contributed by atoms with Gasteiger partial charge in [0.25, 0.3) is 0 Å². The van der Waals surface area contributed by atoms with Crippen LogP contribution in [-0.4, -0.2) is 80.9 Å². The molecule has 1 saturated heterocycles. The quantitative estimate of drug-likeness (QED) is 0.793. The number of nitrogens with zero attached hydrogens (tertiary/aromatic N) is 2. The number of carbonyl (C=O) groups is 1. The topological polar surface area (TPSA) is 44.8 Å². The van der Waals surface area contributed by atoms with Crippen LogP contribution in [0.1, 0.15) is 6.92 Å². The van der Waals surface area contributed by atoms with Crippen LogP contribution in [0.3, 0.4) is 0 Å². The van der Waals surface area contributed by atoms with Gasteiger partial charge >= 0.3 is 6.18 Å². The Morgan fingerprint density at radius 3 is 2.70 bits per heavy atom. The van der Waals surface area contributed by atoms with Crippen molar-refractivity contribution in [2.45, 2.75) is 25.2 Å². The van der Waals surface area contributed by atoms with Gasteiger partial charge in [-0.2, -0.15) is 13.2 Å². The molecule has 0 aromatic rings. The third-order valence-corrected chi connectivity index (χ3v) is 3.13. The minimum absolute atomic E-state index is 0.0309. The molecular formula is C12H22F3N3O2. The number of nitrogens with one attached hydrogen (secondary N) is 1. The molecule has 118 valence electrons. The van der Waals surface area contributed by atoms with Crippen LogP contribution in [0.5, 0.6) is 0 Å². The van der Waals surface area contributed by atoms with Crippen LogP contribution in [0.15, 0.2) is 0 Å². The van der Waals surface area contributed by atoms with Crippen LogP contribution < -0.4 is 5.32 Å². The minimum atomic E-state index is -4.38. The van der Waals surface area contributed by atoms with Crippen molar-refractivity contribution < 1.29 is 22.7 Å². The summed E-state index contributed by atoms with van der Waals surface area (Å²) >= 11 is 0. The zero-order chi connectivity index (χ0) is 15.3. The summed E-state index contributed by atoms with van der Waals surface area (Å²) in [5, 5.41) is 1.92. The molecule has 20 heavy (non-hydrogen) atoms. The number of carbonyl (C=O) groups excluding carboxylic acids is 1. The Labute approximate surface area is 117 Å². The van der Waals surface area contributed by atoms with E-state index in [1.165, 1.54) is 0 Å². The average Bonchev–Trinajstić information content (AvgIpc) is 2.33. The number of morpholine rings is 1. The summed E-state index contributed by atoms with van der Waals surface area (Å²) in [7, 11) is 3.84. The van der Waals surface area contributed by atoms with Crippen LogP contribution in [-0.2, 0) is 9.53 Å². The van der Waals surface area contributed by atoms with Crippen LogP contribution in [0.25, 0.3) is 0 Å². The summed E-state index contributed by atoms with van der Waals surface area (Å²) in [4.78, 5) is 15.5. The maximum Gasteiger partial charge on any atom is 0.405 e. The van der Waals surface area contributed by atoms with Gasteiger partial charge in [-0.15, -0.1) is 0 Å². The van der Waals surface area contributed by atoms with Crippen LogP contribution in [0.4, 0.5) is 13.2 Å². The number of alkyl halides is 3. The molecule has 0 aliphatic carbocycles. The van der Waals surface area contributed by atoms with Crippen LogP contribution in [0, 0.1) is 0 Å². The standard InChI is InChI=1S/C12H22F3N3O2/c1-9(11(19)16-8-12(13,14)15)18-4-5-20-10(7-18)6-17(2)3/h9-10H,4-8H2,1-3H3,(H,16,19). The van der Waals surface area contributed by atoms with Gasteiger partial charge in [0.1, 0.15) is 6.54 Å². The Kier molecular flexibility index (Phi) is 6.22. The Balaban J connectivity index is 2.45. The highest BCUT2D eigenvalue weighted by molar-refractivity contribution is 5.81.